The summed E-state index contributed by atoms with van der Waals surface area (Å²) < 4.78 is 4.93. The first kappa shape index (κ1) is 15.1. The number of hydrogen-bond acceptors (Lipinski definition) is 3. The van der Waals surface area contributed by atoms with Crippen molar-refractivity contribution in [2.24, 2.45) is 10.9 Å². The molecular weight excluding hydrogens is 298 g/mol. The number of hydrogen-bond donors (Lipinski definition) is 0. The summed E-state index contributed by atoms with van der Waals surface area (Å²) in [6.45, 7) is 6.48. The lowest BCUT2D eigenvalue weighted by molar-refractivity contribution is 0.0600. The van der Waals surface area contributed by atoms with Crippen molar-refractivity contribution in [3.8, 4) is 0 Å². The molecule has 1 unspecified atom stereocenters. The lowest BCUT2D eigenvalue weighted by Crippen LogP contribution is -2.30. The quantitative estimate of drug-likeness (QED) is 0.566. The third kappa shape index (κ3) is 2.19. The van der Waals surface area contributed by atoms with Crippen LogP contribution in [-0.2, 0) is 4.74 Å². The summed E-state index contributed by atoms with van der Waals surface area (Å²) in [6, 6.07) is 5.85. The van der Waals surface area contributed by atoms with Gasteiger partial charge < -0.3 is 4.74 Å². The molecule has 0 fully saturated rings. The summed E-state index contributed by atoms with van der Waals surface area (Å²) in [7, 11) is 1.43. The average Bonchev–Trinajstić information content (AvgIpc) is 2.88. The maximum Gasteiger partial charge on any atom is 0.338 e. The molecule has 0 saturated carbocycles. The van der Waals surface area contributed by atoms with Gasteiger partial charge in [-0.3, -0.25) is 4.99 Å². The van der Waals surface area contributed by atoms with Crippen LogP contribution >= 0.6 is 0 Å². The van der Waals surface area contributed by atoms with Crippen molar-refractivity contribution in [2.45, 2.75) is 32.7 Å². The molecule has 0 aromatic heterocycles. The molecule has 1 heterocycles. The Morgan fingerprint density at radius 2 is 2.12 bits per heavy atom. The summed E-state index contributed by atoms with van der Waals surface area (Å²) >= 11 is 0. The third-order valence-electron chi connectivity index (χ3n) is 5.03. The molecule has 24 heavy (non-hydrogen) atoms. The molecule has 0 saturated heterocycles. The van der Waals surface area contributed by atoms with Gasteiger partial charge in [0.2, 0.25) is 0 Å². The van der Waals surface area contributed by atoms with Gasteiger partial charge in [0.15, 0.2) is 0 Å². The Balaban J connectivity index is 1.85. The number of ether oxygens (including phenoxy) is 1. The van der Waals surface area contributed by atoms with Crippen molar-refractivity contribution in [2.75, 3.05) is 7.11 Å². The number of methoxy groups -OCH3 is 1. The predicted octanol–water partition coefficient (Wildman–Crippen LogP) is 4.45. The van der Waals surface area contributed by atoms with Crippen LogP contribution < -0.4 is 0 Å². The zero-order valence-corrected chi connectivity index (χ0v) is 14.5. The number of dihydropyridines is 1. The van der Waals surface area contributed by atoms with E-state index in [0.29, 0.717) is 5.56 Å². The number of rotatable bonds is 1. The zero-order valence-electron chi connectivity index (χ0n) is 14.5. The number of esters is 1. The minimum atomic E-state index is -0.282. The highest BCUT2D eigenvalue weighted by molar-refractivity contribution is 6.10. The van der Waals surface area contributed by atoms with E-state index in [1.165, 1.54) is 29.5 Å². The van der Waals surface area contributed by atoms with Gasteiger partial charge in [-0.1, -0.05) is 29.9 Å². The van der Waals surface area contributed by atoms with Crippen molar-refractivity contribution in [3.05, 3.63) is 58.2 Å². The Morgan fingerprint density at radius 1 is 1.33 bits per heavy atom. The SMILES string of the molecule is COC(=O)c1cccc2c1C=C1CC3=NC(C)(C)C=C(C)C3C=C12. The second kappa shape index (κ2) is 5.04. The van der Waals surface area contributed by atoms with Gasteiger partial charge in [0.05, 0.1) is 18.2 Å². The van der Waals surface area contributed by atoms with Crippen molar-refractivity contribution in [1.82, 2.24) is 0 Å². The first-order chi connectivity index (χ1) is 11.4. The second-order valence-corrected chi connectivity index (χ2v) is 7.31. The Morgan fingerprint density at radius 3 is 2.88 bits per heavy atom. The largest absolute Gasteiger partial charge is 0.465 e. The van der Waals surface area contributed by atoms with Crippen LogP contribution in [0.4, 0.5) is 0 Å². The monoisotopic (exact) mass is 319 g/mol. The Labute approximate surface area is 142 Å². The zero-order chi connectivity index (χ0) is 17.1. The molecule has 0 N–H and O–H groups in total. The fourth-order valence-electron chi connectivity index (χ4n) is 4.13. The molecule has 0 spiro atoms. The fraction of sp³-hybridized carbons (Fsp3) is 0.333. The van der Waals surface area contributed by atoms with Crippen LogP contribution in [0.1, 0.15) is 48.7 Å². The van der Waals surface area contributed by atoms with Gasteiger partial charge in [-0.15, -0.1) is 0 Å². The number of fused-ring (bicyclic) bond motifs is 4. The van der Waals surface area contributed by atoms with E-state index < -0.39 is 0 Å². The lowest BCUT2D eigenvalue weighted by Gasteiger charge is -2.33. The van der Waals surface area contributed by atoms with Gasteiger partial charge in [0.25, 0.3) is 0 Å². The van der Waals surface area contributed by atoms with Crippen LogP contribution in [-0.4, -0.2) is 24.3 Å². The molecule has 3 nitrogen and oxygen atoms in total. The number of aliphatic imine (C=N–C) groups is 1. The van der Waals surface area contributed by atoms with Crippen molar-refractivity contribution < 1.29 is 9.53 Å². The standard InChI is InChI=1S/C21H21NO2/c1-12-11-21(2,3)22-19-9-13-8-18-14(17(13)10-16(12)19)6-5-7-15(18)20(23)24-4/h5-8,10-11,16H,9H2,1-4H3. The summed E-state index contributed by atoms with van der Waals surface area (Å²) in [5.74, 6) is -0.00665. The number of carbonyl (C=O) groups excluding carboxylic acids is 1. The van der Waals surface area contributed by atoms with E-state index in [1.54, 1.807) is 0 Å². The van der Waals surface area contributed by atoms with E-state index in [-0.39, 0.29) is 17.4 Å². The van der Waals surface area contributed by atoms with E-state index in [9.17, 15) is 4.79 Å². The molecule has 1 aliphatic heterocycles. The molecule has 122 valence electrons. The van der Waals surface area contributed by atoms with Crippen molar-refractivity contribution in [1.29, 1.82) is 0 Å². The maximum atomic E-state index is 12.1. The van der Waals surface area contributed by atoms with Crippen molar-refractivity contribution in [3.63, 3.8) is 0 Å². The van der Waals surface area contributed by atoms with Gasteiger partial charge in [0.1, 0.15) is 0 Å². The summed E-state index contributed by atoms with van der Waals surface area (Å²) in [4.78, 5) is 17.0. The third-order valence-corrected chi connectivity index (χ3v) is 5.03. The number of nitrogens with zero attached hydrogens (tertiary/aromatic N) is 1. The molecule has 4 rings (SSSR count). The van der Waals surface area contributed by atoms with E-state index in [2.05, 4.69) is 45.1 Å². The van der Waals surface area contributed by atoms with Gasteiger partial charge in [-0.2, -0.15) is 0 Å². The second-order valence-electron chi connectivity index (χ2n) is 7.31. The fourth-order valence-corrected chi connectivity index (χ4v) is 4.13. The highest BCUT2D eigenvalue weighted by atomic mass is 16.5. The molecule has 3 heteroatoms. The van der Waals surface area contributed by atoms with Crippen molar-refractivity contribution >= 4 is 23.3 Å². The molecule has 0 radical (unpaired) electrons. The first-order valence-electron chi connectivity index (χ1n) is 8.32. The first-order valence-corrected chi connectivity index (χ1v) is 8.32. The lowest BCUT2D eigenvalue weighted by atomic mass is 9.77. The Bertz CT molecular complexity index is 881. The summed E-state index contributed by atoms with van der Waals surface area (Å²) in [5, 5.41) is 0. The van der Waals surface area contributed by atoms with Gasteiger partial charge in [0, 0.05) is 18.1 Å². The molecule has 3 aliphatic rings. The van der Waals surface area contributed by atoms with E-state index in [1.807, 2.05) is 12.1 Å². The number of benzene rings is 1. The smallest absolute Gasteiger partial charge is 0.338 e. The van der Waals surface area contributed by atoms with Gasteiger partial charge in [-0.25, -0.2) is 4.79 Å². The summed E-state index contributed by atoms with van der Waals surface area (Å²) in [6.07, 6.45) is 7.54. The van der Waals surface area contributed by atoms with Crippen LogP contribution in [0.15, 0.2) is 46.5 Å². The highest BCUT2D eigenvalue weighted by Gasteiger charge is 2.34. The molecule has 1 aromatic carbocycles. The number of allylic oxidation sites excluding steroid dienone is 4. The number of carbonyl (C=O) groups is 1. The van der Waals surface area contributed by atoms with Gasteiger partial charge in [-0.05, 0) is 55.2 Å². The Hall–Kier alpha value is -2.42. The van der Waals surface area contributed by atoms with Crippen LogP contribution in [0.2, 0.25) is 0 Å². The molecule has 1 aromatic rings. The molecule has 0 bridgehead atoms. The minimum Gasteiger partial charge on any atom is -0.465 e. The normalized spacial score (nSPS) is 23.1. The highest BCUT2D eigenvalue weighted by Crippen LogP contribution is 2.45. The van der Waals surface area contributed by atoms with Crippen LogP contribution in [0.3, 0.4) is 0 Å². The molecule has 0 amide bonds. The minimum absolute atomic E-state index is 0.134. The van der Waals surface area contributed by atoms with E-state index >= 15 is 0 Å². The van der Waals surface area contributed by atoms with Crippen LogP contribution in [0.5, 0.6) is 0 Å². The molecule has 1 atom stereocenters. The predicted molar refractivity (Wildman–Crippen MR) is 97.1 cm³/mol. The summed E-state index contributed by atoms with van der Waals surface area (Å²) in [5.41, 5.74) is 7.68. The molecular formula is C21H21NO2. The van der Waals surface area contributed by atoms with E-state index in [4.69, 9.17) is 9.73 Å². The van der Waals surface area contributed by atoms with E-state index in [0.717, 1.165) is 17.5 Å². The topological polar surface area (TPSA) is 38.7 Å². The maximum absolute atomic E-state index is 12.1. The average molecular weight is 319 g/mol. The van der Waals surface area contributed by atoms with Crippen LogP contribution in [0.25, 0.3) is 11.6 Å². The Kier molecular flexibility index (Phi) is 3.17. The van der Waals surface area contributed by atoms with Crippen LogP contribution in [0, 0.1) is 5.92 Å². The molecule has 2 aliphatic carbocycles. The van der Waals surface area contributed by atoms with Gasteiger partial charge >= 0.3 is 5.97 Å².